The summed E-state index contributed by atoms with van der Waals surface area (Å²) in [5.74, 6) is 1.33. The molecule has 1 atom stereocenters. The minimum absolute atomic E-state index is 0.625. The van der Waals surface area contributed by atoms with Gasteiger partial charge in [-0.2, -0.15) is 5.10 Å². The van der Waals surface area contributed by atoms with Gasteiger partial charge in [-0.05, 0) is 61.0 Å². The quantitative estimate of drug-likeness (QED) is 0.650. The second-order valence-electron chi connectivity index (χ2n) is 6.06. The van der Waals surface area contributed by atoms with E-state index in [-0.39, 0.29) is 0 Å². The van der Waals surface area contributed by atoms with Crippen LogP contribution in [-0.4, -0.2) is 36.6 Å². The second-order valence-corrected chi connectivity index (χ2v) is 6.85. The Morgan fingerprint density at radius 2 is 2.10 bits per heavy atom. The van der Waals surface area contributed by atoms with Crippen LogP contribution in [0.3, 0.4) is 0 Å². The Bertz CT molecular complexity index is 418. The summed E-state index contributed by atoms with van der Waals surface area (Å²) in [6.07, 6.45) is 2.29. The summed E-state index contributed by atoms with van der Waals surface area (Å²) in [5, 5.41) is 8.11. The van der Waals surface area contributed by atoms with Gasteiger partial charge in [0, 0.05) is 20.2 Å². The standard InChI is InChI=1S/C16H30BrN3O/c1-6-20-15(16(17)13(4)19-20)10-14(9-12(2)3)11-18-7-8-21-5/h12,14,18H,6-11H2,1-5H3. The number of ether oxygens (including phenoxy) is 1. The summed E-state index contributed by atoms with van der Waals surface area (Å²) in [5.41, 5.74) is 2.41. The van der Waals surface area contributed by atoms with E-state index in [0.29, 0.717) is 11.8 Å². The minimum atomic E-state index is 0.625. The highest BCUT2D eigenvalue weighted by Gasteiger charge is 2.18. The lowest BCUT2D eigenvalue weighted by atomic mass is 9.92. The number of aromatic nitrogens is 2. The van der Waals surface area contributed by atoms with Crippen molar-refractivity contribution >= 4 is 15.9 Å². The molecule has 1 aromatic rings. The molecule has 0 amide bonds. The second kappa shape index (κ2) is 9.59. The normalized spacial score (nSPS) is 13.1. The van der Waals surface area contributed by atoms with Crippen LogP contribution < -0.4 is 5.32 Å². The summed E-state index contributed by atoms with van der Waals surface area (Å²) in [6.45, 7) is 12.4. The maximum Gasteiger partial charge on any atom is 0.0738 e. The van der Waals surface area contributed by atoms with Crippen LogP contribution in [0, 0.1) is 18.8 Å². The van der Waals surface area contributed by atoms with E-state index < -0.39 is 0 Å². The molecular formula is C16H30BrN3O. The third-order valence-corrected chi connectivity index (χ3v) is 4.69. The average Bonchev–Trinajstić information content (AvgIpc) is 2.70. The topological polar surface area (TPSA) is 39.1 Å². The lowest BCUT2D eigenvalue weighted by molar-refractivity contribution is 0.197. The molecule has 0 aliphatic rings. The van der Waals surface area contributed by atoms with E-state index in [0.717, 1.165) is 38.4 Å². The predicted molar refractivity (Wildman–Crippen MR) is 91.7 cm³/mol. The Hall–Kier alpha value is -0.390. The van der Waals surface area contributed by atoms with Crippen LogP contribution in [0.1, 0.15) is 38.6 Å². The highest BCUT2D eigenvalue weighted by molar-refractivity contribution is 9.10. The highest BCUT2D eigenvalue weighted by Crippen LogP contribution is 2.25. The van der Waals surface area contributed by atoms with Gasteiger partial charge in [-0.1, -0.05) is 13.8 Å². The molecule has 1 rings (SSSR count). The molecular weight excluding hydrogens is 330 g/mol. The first-order valence-corrected chi connectivity index (χ1v) is 8.70. The molecule has 21 heavy (non-hydrogen) atoms. The number of nitrogens with one attached hydrogen (secondary N) is 1. The van der Waals surface area contributed by atoms with Gasteiger partial charge in [-0.3, -0.25) is 4.68 Å². The number of methoxy groups -OCH3 is 1. The fraction of sp³-hybridized carbons (Fsp3) is 0.812. The molecule has 1 aromatic heterocycles. The van der Waals surface area contributed by atoms with Crippen molar-refractivity contribution in [2.75, 3.05) is 26.8 Å². The third kappa shape index (κ3) is 6.09. The van der Waals surface area contributed by atoms with Crippen LogP contribution in [0.2, 0.25) is 0 Å². The SMILES string of the molecule is CCn1nc(C)c(Br)c1CC(CNCCOC)CC(C)C. The van der Waals surface area contributed by atoms with Crippen LogP contribution in [0.5, 0.6) is 0 Å². The van der Waals surface area contributed by atoms with Crippen LogP contribution >= 0.6 is 15.9 Å². The Kier molecular flexibility index (Phi) is 8.52. The van der Waals surface area contributed by atoms with Crippen LogP contribution in [0.4, 0.5) is 0 Å². The smallest absolute Gasteiger partial charge is 0.0738 e. The molecule has 0 aromatic carbocycles. The lowest BCUT2D eigenvalue weighted by Gasteiger charge is -2.20. The van der Waals surface area contributed by atoms with E-state index >= 15 is 0 Å². The number of halogens is 1. The number of rotatable bonds is 10. The van der Waals surface area contributed by atoms with Gasteiger partial charge in [-0.15, -0.1) is 0 Å². The molecule has 1 heterocycles. The number of hydrogen-bond acceptors (Lipinski definition) is 3. The fourth-order valence-electron chi connectivity index (χ4n) is 2.72. The third-order valence-electron chi connectivity index (χ3n) is 3.66. The first-order chi connectivity index (χ1) is 9.99. The molecule has 0 bridgehead atoms. The Morgan fingerprint density at radius 1 is 1.38 bits per heavy atom. The van der Waals surface area contributed by atoms with Gasteiger partial charge < -0.3 is 10.1 Å². The molecule has 0 spiro atoms. The Labute approximate surface area is 137 Å². The predicted octanol–water partition coefficient (Wildman–Crippen LogP) is 3.41. The molecule has 0 fully saturated rings. The van der Waals surface area contributed by atoms with Gasteiger partial charge in [0.2, 0.25) is 0 Å². The summed E-state index contributed by atoms with van der Waals surface area (Å²) in [6, 6.07) is 0. The van der Waals surface area contributed by atoms with Gasteiger partial charge in [0.05, 0.1) is 22.5 Å². The summed E-state index contributed by atoms with van der Waals surface area (Å²) in [4.78, 5) is 0. The van der Waals surface area contributed by atoms with Crippen molar-refractivity contribution in [2.24, 2.45) is 11.8 Å². The van der Waals surface area contributed by atoms with Gasteiger partial charge in [-0.25, -0.2) is 0 Å². The molecule has 0 saturated carbocycles. The Balaban J connectivity index is 2.71. The molecule has 5 heteroatoms. The number of nitrogens with zero attached hydrogens (tertiary/aromatic N) is 2. The van der Waals surface area contributed by atoms with Crippen molar-refractivity contribution in [3.8, 4) is 0 Å². The average molecular weight is 360 g/mol. The van der Waals surface area contributed by atoms with Crippen LogP contribution in [0.25, 0.3) is 0 Å². The largest absolute Gasteiger partial charge is 0.383 e. The molecule has 122 valence electrons. The minimum Gasteiger partial charge on any atom is -0.383 e. The van der Waals surface area contributed by atoms with Crippen molar-refractivity contribution in [2.45, 2.75) is 47.1 Å². The zero-order valence-corrected chi connectivity index (χ0v) is 15.7. The molecule has 0 radical (unpaired) electrons. The monoisotopic (exact) mass is 359 g/mol. The van der Waals surface area contributed by atoms with Crippen molar-refractivity contribution in [3.05, 3.63) is 15.9 Å². The summed E-state index contributed by atoms with van der Waals surface area (Å²) in [7, 11) is 1.74. The van der Waals surface area contributed by atoms with E-state index in [4.69, 9.17) is 4.74 Å². The molecule has 4 nitrogen and oxygen atoms in total. The van der Waals surface area contributed by atoms with Crippen molar-refractivity contribution < 1.29 is 4.74 Å². The first kappa shape index (κ1) is 18.7. The molecule has 0 aliphatic carbocycles. The zero-order chi connectivity index (χ0) is 15.8. The maximum absolute atomic E-state index is 5.10. The van der Waals surface area contributed by atoms with Crippen molar-refractivity contribution in [1.29, 1.82) is 0 Å². The van der Waals surface area contributed by atoms with Crippen LogP contribution in [0.15, 0.2) is 4.47 Å². The van der Waals surface area contributed by atoms with E-state index in [9.17, 15) is 0 Å². The van der Waals surface area contributed by atoms with Crippen molar-refractivity contribution in [1.82, 2.24) is 15.1 Å². The fourth-order valence-corrected chi connectivity index (χ4v) is 3.17. The van der Waals surface area contributed by atoms with E-state index in [2.05, 4.69) is 58.7 Å². The van der Waals surface area contributed by atoms with Gasteiger partial charge >= 0.3 is 0 Å². The molecule has 1 unspecified atom stereocenters. The van der Waals surface area contributed by atoms with E-state index in [1.165, 1.54) is 16.6 Å². The van der Waals surface area contributed by atoms with Crippen molar-refractivity contribution in [3.63, 3.8) is 0 Å². The van der Waals surface area contributed by atoms with Gasteiger partial charge in [0.25, 0.3) is 0 Å². The zero-order valence-electron chi connectivity index (χ0n) is 14.1. The van der Waals surface area contributed by atoms with Gasteiger partial charge in [0.1, 0.15) is 0 Å². The molecule has 0 aliphatic heterocycles. The lowest BCUT2D eigenvalue weighted by Crippen LogP contribution is -2.28. The number of aryl methyl sites for hydroxylation is 2. The molecule has 1 N–H and O–H groups in total. The first-order valence-electron chi connectivity index (χ1n) is 7.90. The highest BCUT2D eigenvalue weighted by atomic mass is 79.9. The number of hydrogen-bond donors (Lipinski definition) is 1. The van der Waals surface area contributed by atoms with Gasteiger partial charge in [0.15, 0.2) is 0 Å². The van der Waals surface area contributed by atoms with Crippen LogP contribution in [-0.2, 0) is 17.7 Å². The van der Waals surface area contributed by atoms with E-state index in [1.54, 1.807) is 7.11 Å². The van der Waals surface area contributed by atoms with E-state index in [1.807, 2.05) is 0 Å². The maximum atomic E-state index is 5.10. The summed E-state index contributed by atoms with van der Waals surface area (Å²) < 4.78 is 8.40. The molecule has 0 saturated heterocycles. The summed E-state index contributed by atoms with van der Waals surface area (Å²) >= 11 is 3.71. The Morgan fingerprint density at radius 3 is 2.67 bits per heavy atom.